The highest BCUT2D eigenvalue weighted by molar-refractivity contribution is 5.76. The van der Waals surface area contributed by atoms with E-state index in [2.05, 4.69) is 0 Å². The summed E-state index contributed by atoms with van der Waals surface area (Å²) in [6.45, 7) is 2.64. The molecule has 1 fully saturated rings. The van der Waals surface area contributed by atoms with Gasteiger partial charge in [0, 0.05) is 20.1 Å². The zero-order valence-corrected chi connectivity index (χ0v) is 7.88. The minimum Gasteiger partial charge on any atom is -0.359 e. The van der Waals surface area contributed by atoms with Crippen LogP contribution < -0.4 is 0 Å². The highest BCUT2D eigenvalue weighted by Crippen LogP contribution is 2.16. The Labute approximate surface area is 73.7 Å². The normalized spacial score (nSPS) is 25.7. The van der Waals surface area contributed by atoms with Crippen LogP contribution >= 0.6 is 0 Å². The zero-order valence-electron chi connectivity index (χ0n) is 7.88. The summed E-state index contributed by atoms with van der Waals surface area (Å²) in [7, 11) is 1.83. The van der Waals surface area contributed by atoms with Gasteiger partial charge in [-0.15, -0.1) is 0 Å². The molecule has 12 heavy (non-hydrogen) atoms. The maximum atomic E-state index is 11.3. The van der Waals surface area contributed by atoms with Gasteiger partial charge in [-0.05, 0) is 26.2 Å². The van der Waals surface area contributed by atoms with Crippen LogP contribution in [0.3, 0.4) is 0 Å². The Morgan fingerprint density at radius 1 is 1.58 bits per heavy atom. The van der Waals surface area contributed by atoms with Crippen molar-refractivity contribution in [1.82, 2.24) is 4.90 Å². The fourth-order valence-electron chi connectivity index (χ4n) is 1.51. The van der Waals surface area contributed by atoms with E-state index in [4.69, 9.17) is 4.74 Å². The molecule has 1 saturated heterocycles. The molecule has 1 rings (SSSR count). The van der Waals surface area contributed by atoms with Crippen LogP contribution in [0.2, 0.25) is 0 Å². The van der Waals surface area contributed by atoms with Crippen LogP contribution in [0, 0.1) is 0 Å². The molecule has 3 heteroatoms. The number of hydrogen-bond acceptors (Lipinski definition) is 2. The first-order chi connectivity index (χ1) is 5.75. The summed E-state index contributed by atoms with van der Waals surface area (Å²) in [4.78, 5) is 13.1. The molecule has 0 saturated carbocycles. The van der Waals surface area contributed by atoms with Gasteiger partial charge in [0.05, 0.1) is 0 Å². The Balaban J connectivity index is 2.51. The van der Waals surface area contributed by atoms with Gasteiger partial charge in [0.2, 0.25) is 5.91 Å². The summed E-state index contributed by atoms with van der Waals surface area (Å²) >= 11 is 0. The van der Waals surface area contributed by atoms with E-state index in [1.807, 2.05) is 14.0 Å². The first-order valence-corrected chi connectivity index (χ1v) is 4.63. The van der Waals surface area contributed by atoms with Crippen LogP contribution in [0.4, 0.5) is 0 Å². The van der Waals surface area contributed by atoms with Crippen LogP contribution in [0.15, 0.2) is 0 Å². The SMILES string of the molecule is CCOC1CCCCC(=O)N1C. The van der Waals surface area contributed by atoms with Crippen LogP contribution in [0.1, 0.15) is 32.6 Å². The van der Waals surface area contributed by atoms with Crippen molar-refractivity contribution in [3.8, 4) is 0 Å². The minimum absolute atomic E-state index is 0.0185. The van der Waals surface area contributed by atoms with E-state index in [9.17, 15) is 4.79 Å². The van der Waals surface area contributed by atoms with E-state index in [0.29, 0.717) is 13.0 Å². The Morgan fingerprint density at radius 3 is 3.00 bits per heavy atom. The van der Waals surface area contributed by atoms with Crippen LogP contribution in [0.5, 0.6) is 0 Å². The molecule has 1 amide bonds. The predicted octanol–water partition coefficient (Wildman–Crippen LogP) is 1.38. The number of ether oxygens (including phenoxy) is 1. The topological polar surface area (TPSA) is 29.5 Å². The minimum atomic E-state index is 0.0185. The van der Waals surface area contributed by atoms with Crippen molar-refractivity contribution in [2.75, 3.05) is 13.7 Å². The van der Waals surface area contributed by atoms with E-state index in [0.717, 1.165) is 19.3 Å². The molecule has 0 N–H and O–H groups in total. The Morgan fingerprint density at radius 2 is 2.33 bits per heavy atom. The van der Waals surface area contributed by atoms with Crippen molar-refractivity contribution in [2.24, 2.45) is 0 Å². The largest absolute Gasteiger partial charge is 0.359 e. The summed E-state index contributed by atoms with van der Waals surface area (Å²) in [5.41, 5.74) is 0. The van der Waals surface area contributed by atoms with Crippen molar-refractivity contribution in [1.29, 1.82) is 0 Å². The molecule has 3 nitrogen and oxygen atoms in total. The number of hydrogen-bond donors (Lipinski definition) is 0. The lowest BCUT2D eigenvalue weighted by molar-refractivity contribution is -0.141. The maximum Gasteiger partial charge on any atom is 0.224 e. The van der Waals surface area contributed by atoms with Gasteiger partial charge >= 0.3 is 0 Å². The number of nitrogens with zero attached hydrogens (tertiary/aromatic N) is 1. The molecule has 0 aromatic carbocycles. The number of carbonyl (C=O) groups is 1. The number of rotatable bonds is 2. The molecular weight excluding hydrogens is 154 g/mol. The van der Waals surface area contributed by atoms with Crippen LogP contribution in [-0.2, 0) is 9.53 Å². The summed E-state index contributed by atoms with van der Waals surface area (Å²) in [6, 6.07) is 0. The highest BCUT2D eigenvalue weighted by Gasteiger charge is 2.22. The quantitative estimate of drug-likeness (QED) is 0.628. The molecule has 0 bridgehead atoms. The third-order valence-electron chi connectivity index (χ3n) is 2.28. The first-order valence-electron chi connectivity index (χ1n) is 4.63. The van der Waals surface area contributed by atoms with Gasteiger partial charge < -0.3 is 9.64 Å². The average molecular weight is 171 g/mol. The fraction of sp³-hybridized carbons (Fsp3) is 0.889. The van der Waals surface area contributed by atoms with Crippen LogP contribution in [0.25, 0.3) is 0 Å². The van der Waals surface area contributed by atoms with Crippen molar-refractivity contribution in [2.45, 2.75) is 38.8 Å². The smallest absolute Gasteiger partial charge is 0.224 e. The second kappa shape index (κ2) is 4.45. The number of amides is 1. The zero-order chi connectivity index (χ0) is 8.97. The third-order valence-corrected chi connectivity index (χ3v) is 2.28. The fourth-order valence-corrected chi connectivity index (χ4v) is 1.51. The Bertz CT molecular complexity index is 159. The number of carbonyl (C=O) groups excluding carboxylic acids is 1. The summed E-state index contributed by atoms with van der Waals surface area (Å²) in [5.74, 6) is 0.214. The second-order valence-electron chi connectivity index (χ2n) is 3.16. The summed E-state index contributed by atoms with van der Waals surface area (Å²) in [5, 5.41) is 0. The lowest BCUT2D eigenvalue weighted by atomic mass is 10.2. The predicted molar refractivity (Wildman–Crippen MR) is 46.7 cm³/mol. The molecule has 0 aliphatic carbocycles. The van der Waals surface area contributed by atoms with E-state index < -0.39 is 0 Å². The third kappa shape index (κ3) is 2.21. The van der Waals surface area contributed by atoms with Gasteiger partial charge in [-0.25, -0.2) is 0 Å². The molecule has 0 radical (unpaired) electrons. The van der Waals surface area contributed by atoms with Gasteiger partial charge in [-0.2, -0.15) is 0 Å². The molecular formula is C9H17NO2. The molecule has 0 aromatic rings. The molecule has 1 aliphatic rings. The average Bonchev–Trinajstić information content (AvgIpc) is 2.20. The first kappa shape index (κ1) is 9.52. The molecule has 1 heterocycles. The lowest BCUT2D eigenvalue weighted by Gasteiger charge is -2.25. The Kier molecular flexibility index (Phi) is 3.53. The molecule has 70 valence electrons. The van der Waals surface area contributed by atoms with Gasteiger partial charge in [-0.1, -0.05) is 0 Å². The Hall–Kier alpha value is -0.570. The van der Waals surface area contributed by atoms with Crippen molar-refractivity contribution < 1.29 is 9.53 Å². The van der Waals surface area contributed by atoms with Gasteiger partial charge in [0.25, 0.3) is 0 Å². The second-order valence-corrected chi connectivity index (χ2v) is 3.16. The molecule has 1 aliphatic heterocycles. The highest BCUT2D eigenvalue weighted by atomic mass is 16.5. The van der Waals surface area contributed by atoms with Crippen molar-refractivity contribution in [3.05, 3.63) is 0 Å². The monoisotopic (exact) mass is 171 g/mol. The number of likely N-dealkylation sites (tertiary alicyclic amines) is 1. The maximum absolute atomic E-state index is 11.3. The molecule has 0 spiro atoms. The van der Waals surface area contributed by atoms with Crippen molar-refractivity contribution in [3.63, 3.8) is 0 Å². The molecule has 1 unspecified atom stereocenters. The van der Waals surface area contributed by atoms with E-state index in [1.165, 1.54) is 0 Å². The molecule has 0 aromatic heterocycles. The van der Waals surface area contributed by atoms with E-state index in [-0.39, 0.29) is 12.1 Å². The van der Waals surface area contributed by atoms with Gasteiger partial charge in [0.1, 0.15) is 6.23 Å². The van der Waals surface area contributed by atoms with E-state index in [1.54, 1.807) is 4.90 Å². The lowest BCUT2D eigenvalue weighted by Crippen LogP contribution is -2.37. The van der Waals surface area contributed by atoms with E-state index >= 15 is 0 Å². The molecule has 1 atom stereocenters. The van der Waals surface area contributed by atoms with Gasteiger partial charge in [0.15, 0.2) is 0 Å². The van der Waals surface area contributed by atoms with Gasteiger partial charge in [-0.3, -0.25) is 4.79 Å². The summed E-state index contributed by atoms with van der Waals surface area (Å²) < 4.78 is 5.45. The van der Waals surface area contributed by atoms with Crippen LogP contribution in [-0.4, -0.2) is 30.7 Å². The summed E-state index contributed by atoms with van der Waals surface area (Å²) in [6.07, 6.45) is 3.79. The standard InChI is InChI=1S/C9H17NO2/c1-3-12-9-7-5-4-6-8(11)10(9)2/h9H,3-7H2,1-2H3. The van der Waals surface area contributed by atoms with Crippen molar-refractivity contribution >= 4 is 5.91 Å².